The van der Waals surface area contributed by atoms with E-state index in [-0.39, 0.29) is 0 Å². The molecule has 5 heteroatoms. The van der Waals surface area contributed by atoms with Gasteiger partial charge >= 0.3 is 0 Å². The molecule has 1 nitrogen and oxygen atoms in total. The normalized spacial score (nSPS) is 10.4. The second-order valence-corrected chi connectivity index (χ2v) is 7.16. The molecule has 0 saturated heterocycles. The van der Waals surface area contributed by atoms with Crippen LogP contribution in [0, 0.1) is 0 Å². The maximum Gasteiger partial charge on any atom is 0.148 e. The Morgan fingerprint density at radius 2 is 1.50 bits per heavy atom. The molecular formula is C13H8Br4O. The lowest BCUT2D eigenvalue weighted by atomic mass is 10.2. The molecule has 2 aromatic rings. The van der Waals surface area contributed by atoms with Crippen molar-refractivity contribution >= 4 is 63.7 Å². The van der Waals surface area contributed by atoms with Crippen LogP contribution >= 0.6 is 63.7 Å². The highest BCUT2D eigenvalue weighted by molar-refractivity contribution is 9.11. The molecule has 94 valence electrons. The Balaban J connectivity index is 2.16. The molecule has 0 atom stereocenters. The van der Waals surface area contributed by atoms with Crippen molar-refractivity contribution in [2.75, 3.05) is 0 Å². The molecule has 0 aliphatic carbocycles. The van der Waals surface area contributed by atoms with Gasteiger partial charge in [0.1, 0.15) is 12.4 Å². The predicted octanol–water partition coefficient (Wildman–Crippen LogP) is 6.32. The van der Waals surface area contributed by atoms with E-state index >= 15 is 0 Å². The summed E-state index contributed by atoms with van der Waals surface area (Å²) in [5, 5.41) is 0. The van der Waals surface area contributed by atoms with Gasteiger partial charge in [-0.05, 0) is 61.7 Å². The van der Waals surface area contributed by atoms with Crippen molar-refractivity contribution in [3.05, 3.63) is 59.9 Å². The van der Waals surface area contributed by atoms with Crippen molar-refractivity contribution in [3.8, 4) is 5.75 Å². The third kappa shape index (κ3) is 3.83. The van der Waals surface area contributed by atoms with Gasteiger partial charge in [0.15, 0.2) is 0 Å². The molecule has 0 heterocycles. The highest BCUT2D eigenvalue weighted by Crippen LogP contribution is 2.36. The van der Waals surface area contributed by atoms with E-state index in [1.54, 1.807) is 0 Å². The van der Waals surface area contributed by atoms with Crippen LogP contribution in [0.15, 0.2) is 54.3 Å². The number of halogens is 4. The van der Waals surface area contributed by atoms with Crippen LogP contribution in [0.4, 0.5) is 0 Å². The van der Waals surface area contributed by atoms with E-state index in [0.29, 0.717) is 6.61 Å². The highest BCUT2D eigenvalue weighted by Gasteiger charge is 2.08. The lowest BCUT2D eigenvalue weighted by Crippen LogP contribution is -1.97. The van der Waals surface area contributed by atoms with Crippen LogP contribution in [-0.2, 0) is 6.61 Å². The minimum atomic E-state index is 0.526. The second kappa shape index (κ2) is 6.55. The third-order valence-corrected chi connectivity index (χ3v) is 4.36. The minimum Gasteiger partial charge on any atom is -0.487 e. The summed E-state index contributed by atoms with van der Waals surface area (Å²) in [5.41, 5.74) is 1.12. The molecule has 0 fully saturated rings. The van der Waals surface area contributed by atoms with Crippen LogP contribution in [0.1, 0.15) is 5.56 Å². The molecule has 0 spiro atoms. The molecule has 0 N–H and O–H groups in total. The quantitative estimate of drug-likeness (QED) is 0.480. The first-order valence-electron chi connectivity index (χ1n) is 5.08. The molecule has 0 bridgehead atoms. The SMILES string of the molecule is Brc1cccc(COc2c(Br)cc(Br)cc2Br)c1. The van der Waals surface area contributed by atoms with E-state index in [2.05, 4.69) is 63.7 Å². The Labute approximate surface area is 139 Å². The molecule has 0 aliphatic heterocycles. The van der Waals surface area contributed by atoms with Crippen LogP contribution in [0.3, 0.4) is 0 Å². The maximum atomic E-state index is 5.83. The second-order valence-electron chi connectivity index (χ2n) is 3.62. The Morgan fingerprint density at radius 1 is 0.833 bits per heavy atom. The van der Waals surface area contributed by atoms with Crippen LogP contribution in [0.2, 0.25) is 0 Å². The molecule has 0 aromatic heterocycles. The Kier molecular flexibility index (Phi) is 5.30. The predicted molar refractivity (Wildman–Crippen MR) is 88.0 cm³/mol. The standard InChI is InChI=1S/C13H8Br4O/c14-9-3-1-2-8(4-9)7-18-13-11(16)5-10(15)6-12(13)17/h1-6H,7H2. The molecule has 2 aromatic carbocycles. The average Bonchev–Trinajstić information content (AvgIpc) is 2.27. The van der Waals surface area contributed by atoms with Gasteiger partial charge in [0, 0.05) is 8.95 Å². The Bertz CT molecular complexity index is 546. The Hall–Kier alpha value is 0.160. The van der Waals surface area contributed by atoms with Gasteiger partial charge in [0.25, 0.3) is 0 Å². The van der Waals surface area contributed by atoms with Gasteiger partial charge in [0.2, 0.25) is 0 Å². The summed E-state index contributed by atoms with van der Waals surface area (Å²) in [5.74, 6) is 0.804. The van der Waals surface area contributed by atoms with Crippen molar-refractivity contribution in [1.29, 1.82) is 0 Å². The zero-order chi connectivity index (χ0) is 13.1. The Morgan fingerprint density at radius 3 is 2.11 bits per heavy atom. The maximum absolute atomic E-state index is 5.83. The van der Waals surface area contributed by atoms with Crippen LogP contribution in [0.5, 0.6) is 5.75 Å². The first-order valence-corrected chi connectivity index (χ1v) is 8.25. The summed E-state index contributed by atoms with van der Waals surface area (Å²) < 4.78 is 9.71. The summed E-state index contributed by atoms with van der Waals surface area (Å²) in [7, 11) is 0. The van der Waals surface area contributed by atoms with Crippen molar-refractivity contribution in [3.63, 3.8) is 0 Å². The fraction of sp³-hybridized carbons (Fsp3) is 0.0769. The summed E-state index contributed by atoms with van der Waals surface area (Å²) >= 11 is 13.9. The fourth-order valence-electron chi connectivity index (χ4n) is 1.45. The smallest absolute Gasteiger partial charge is 0.148 e. The van der Waals surface area contributed by atoms with E-state index in [1.807, 2.05) is 36.4 Å². The van der Waals surface area contributed by atoms with Crippen LogP contribution in [-0.4, -0.2) is 0 Å². The fourth-order valence-corrected chi connectivity index (χ4v) is 4.38. The van der Waals surface area contributed by atoms with Crippen molar-refractivity contribution in [2.45, 2.75) is 6.61 Å². The van der Waals surface area contributed by atoms with Crippen LogP contribution < -0.4 is 4.74 Å². The third-order valence-electron chi connectivity index (χ3n) is 2.24. The number of hydrogen-bond acceptors (Lipinski definition) is 1. The average molecular weight is 500 g/mol. The monoisotopic (exact) mass is 496 g/mol. The first kappa shape index (κ1) is 14.6. The van der Waals surface area contributed by atoms with Gasteiger partial charge < -0.3 is 4.74 Å². The highest BCUT2D eigenvalue weighted by atomic mass is 79.9. The van der Waals surface area contributed by atoms with Gasteiger partial charge in [-0.15, -0.1) is 0 Å². The number of hydrogen-bond donors (Lipinski definition) is 0. The molecule has 0 amide bonds. The lowest BCUT2D eigenvalue weighted by molar-refractivity contribution is 0.302. The first-order chi connectivity index (χ1) is 8.56. The molecule has 2 rings (SSSR count). The van der Waals surface area contributed by atoms with Crippen LogP contribution in [0.25, 0.3) is 0 Å². The minimum absolute atomic E-state index is 0.526. The van der Waals surface area contributed by atoms with Crippen molar-refractivity contribution in [2.24, 2.45) is 0 Å². The van der Waals surface area contributed by atoms with Gasteiger partial charge in [-0.3, -0.25) is 0 Å². The molecule has 0 aliphatic rings. The summed E-state index contributed by atoms with van der Waals surface area (Å²) in [4.78, 5) is 0. The zero-order valence-corrected chi connectivity index (χ0v) is 15.4. The van der Waals surface area contributed by atoms with Gasteiger partial charge in [0.05, 0.1) is 8.95 Å². The van der Waals surface area contributed by atoms with Crippen molar-refractivity contribution in [1.82, 2.24) is 0 Å². The number of rotatable bonds is 3. The number of benzene rings is 2. The molecule has 0 radical (unpaired) electrons. The summed E-state index contributed by atoms with van der Waals surface area (Å²) in [6.45, 7) is 0.526. The zero-order valence-electron chi connectivity index (χ0n) is 9.09. The van der Waals surface area contributed by atoms with E-state index < -0.39 is 0 Å². The summed E-state index contributed by atoms with van der Waals surface area (Å²) in [6.07, 6.45) is 0. The molecule has 0 saturated carbocycles. The lowest BCUT2D eigenvalue weighted by Gasteiger charge is -2.11. The number of ether oxygens (including phenoxy) is 1. The van der Waals surface area contributed by atoms with E-state index in [9.17, 15) is 0 Å². The van der Waals surface area contributed by atoms with E-state index in [0.717, 1.165) is 29.2 Å². The molecular weight excluding hydrogens is 492 g/mol. The van der Waals surface area contributed by atoms with Gasteiger partial charge in [-0.1, -0.05) is 44.0 Å². The summed E-state index contributed by atoms with van der Waals surface area (Å²) in [6, 6.07) is 12.0. The van der Waals surface area contributed by atoms with Crippen molar-refractivity contribution < 1.29 is 4.74 Å². The van der Waals surface area contributed by atoms with E-state index in [1.165, 1.54) is 0 Å². The van der Waals surface area contributed by atoms with E-state index in [4.69, 9.17) is 4.74 Å². The van der Waals surface area contributed by atoms with Gasteiger partial charge in [-0.2, -0.15) is 0 Å². The largest absolute Gasteiger partial charge is 0.487 e. The topological polar surface area (TPSA) is 9.23 Å². The van der Waals surface area contributed by atoms with Gasteiger partial charge in [-0.25, -0.2) is 0 Å². The molecule has 0 unspecified atom stereocenters. The molecule has 18 heavy (non-hydrogen) atoms.